The number of fused-ring (bicyclic) bond motifs is 1. The van der Waals surface area contributed by atoms with Gasteiger partial charge >= 0.3 is 0 Å². The maximum Gasteiger partial charge on any atom is 0.0260 e. The number of hydrogen-bond donors (Lipinski definition) is 1. The molecule has 1 atom stereocenters. The summed E-state index contributed by atoms with van der Waals surface area (Å²) in [7, 11) is 2.01. The Kier molecular flexibility index (Phi) is 2.96. The van der Waals surface area contributed by atoms with Crippen LogP contribution >= 0.6 is 27.7 Å². The van der Waals surface area contributed by atoms with Crippen LogP contribution in [0, 0.1) is 0 Å². The zero-order valence-corrected chi connectivity index (χ0v) is 9.91. The number of benzene rings is 1. The quantitative estimate of drug-likeness (QED) is 0.875. The highest BCUT2D eigenvalue weighted by Crippen LogP contribution is 2.37. The first-order valence-electron chi connectivity index (χ1n) is 4.39. The van der Waals surface area contributed by atoms with Crippen LogP contribution in [-0.2, 0) is 6.42 Å². The molecule has 0 amide bonds. The molecule has 3 heteroatoms. The van der Waals surface area contributed by atoms with E-state index in [9.17, 15) is 0 Å². The SMILES string of the molecule is CNCC1Cc2cc(Br)ccc2S1. The lowest BCUT2D eigenvalue weighted by Crippen LogP contribution is -2.20. The Morgan fingerprint density at radius 1 is 1.62 bits per heavy atom. The molecule has 0 aliphatic carbocycles. The molecular weight excluding hydrogens is 246 g/mol. The second-order valence-corrected chi connectivity index (χ2v) is 5.51. The van der Waals surface area contributed by atoms with Gasteiger partial charge in [-0.3, -0.25) is 0 Å². The first kappa shape index (κ1) is 9.56. The fourth-order valence-electron chi connectivity index (χ4n) is 1.63. The standard InChI is InChI=1S/C10H12BrNS/c1-12-6-9-5-7-4-8(11)2-3-10(7)13-9/h2-4,9,12H,5-6H2,1H3. The summed E-state index contributed by atoms with van der Waals surface area (Å²) in [4.78, 5) is 1.45. The monoisotopic (exact) mass is 257 g/mol. The molecule has 70 valence electrons. The zero-order chi connectivity index (χ0) is 9.26. The van der Waals surface area contributed by atoms with E-state index in [1.54, 1.807) is 0 Å². The zero-order valence-electron chi connectivity index (χ0n) is 7.51. The van der Waals surface area contributed by atoms with Gasteiger partial charge in [-0.15, -0.1) is 11.8 Å². The van der Waals surface area contributed by atoms with E-state index in [-0.39, 0.29) is 0 Å². The Labute approximate surface area is 91.4 Å². The van der Waals surface area contributed by atoms with Crippen LogP contribution in [0.5, 0.6) is 0 Å². The summed E-state index contributed by atoms with van der Waals surface area (Å²) in [6, 6.07) is 6.56. The lowest BCUT2D eigenvalue weighted by molar-refractivity contribution is 0.748. The largest absolute Gasteiger partial charge is 0.319 e. The molecule has 1 aliphatic rings. The van der Waals surface area contributed by atoms with Crippen molar-refractivity contribution in [2.24, 2.45) is 0 Å². The third kappa shape index (κ3) is 2.09. The minimum atomic E-state index is 0.717. The average molecular weight is 258 g/mol. The molecule has 1 aliphatic heterocycles. The Morgan fingerprint density at radius 2 is 2.46 bits per heavy atom. The fourth-order valence-corrected chi connectivity index (χ4v) is 3.35. The molecule has 0 fully saturated rings. The second-order valence-electron chi connectivity index (χ2n) is 3.25. The summed E-state index contributed by atoms with van der Waals surface area (Å²) >= 11 is 5.49. The smallest absolute Gasteiger partial charge is 0.0260 e. The van der Waals surface area contributed by atoms with E-state index < -0.39 is 0 Å². The Bertz CT molecular complexity index is 314. The van der Waals surface area contributed by atoms with Gasteiger partial charge in [-0.05, 0) is 37.2 Å². The van der Waals surface area contributed by atoms with Crippen LogP contribution in [0.25, 0.3) is 0 Å². The van der Waals surface area contributed by atoms with Crippen molar-refractivity contribution in [3.05, 3.63) is 28.2 Å². The van der Waals surface area contributed by atoms with Crippen molar-refractivity contribution in [1.29, 1.82) is 0 Å². The van der Waals surface area contributed by atoms with Gasteiger partial charge in [-0.1, -0.05) is 15.9 Å². The van der Waals surface area contributed by atoms with Gasteiger partial charge in [0.05, 0.1) is 0 Å². The summed E-state index contributed by atoms with van der Waals surface area (Å²) in [5, 5.41) is 3.94. The molecule has 1 unspecified atom stereocenters. The molecule has 0 radical (unpaired) electrons. The molecule has 0 saturated heterocycles. The van der Waals surface area contributed by atoms with Crippen LogP contribution < -0.4 is 5.32 Å². The first-order valence-corrected chi connectivity index (χ1v) is 6.06. The molecule has 0 aromatic heterocycles. The average Bonchev–Trinajstić information content (AvgIpc) is 2.46. The van der Waals surface area contributed by atoms with E-state index in [2.05, 4.69) is 39.4 Å². The van der Waals surface area contributed by atoms with E-state index in [1.807, 2.05) is 18.8 Å². The molecule has 1 aromatic carbocycles. The molecular formula is C10H12BrNS. The van der Waals surface area contributed by atoms with Crippen molar-refractivity contribution in [2.45, 2.75) is 16.6 Å². The van der Waals surface area contributed by atoms with Crippen LogP contribution in [0.1, 0.15) is 5.56 Å². The minimum Gasteiger partial charge on any atom is -0.319 e. The van der Waals surface area contributed by atoms with Gasteiger partial charge in [-0.2, -0.15) is 0 Å². The maximum atomic E-state index is 3.50. The van der Waals surface area contributed by atoms with E-state index in [1.165, 1.54) is 21.4 Å². The Hall–Kier alpha value is 0.01000. The number of thioether (sulfide) groups is 1. The number of hydrogen-bond acceptors (Lipinski definition) is 2. The van der Waals surface area contributed by atoms with Gasteiger partial charge in [0, 0.05) is 21.2 Å². The van der Waals surface area contributed by atoms with Crippen LogP contribution in [0.3, 0.4) is 0 Å². The lowest BCUT2D eigenvalue weighted by Gasteiger charge is -2.05. The van der Waals surface area contributed by atoms with Crippen molar-refractivity contribution >= 4 is 27.7 Å². The Morgan fingerprint density at radius 3 is 3.23 bits per heavy atom. The van der Waals surface area contributed by atoms with Crippen molar-refractivity contribution in [3.63, 3.8) is 0 Å². The van der Waals surface area contributed by atoms with Crippen LogP contribution in [0.2, 0.25) is 0 Å². The van der Waals surface area contributed by atoms with E-state index in [0.717, 1.165) is 6.54 Å². The van der Waals surface area contributed by atoms with E-state index in [0.29, 0.717) is 5.25 Å². The number of rotatable bonds is 2. The molecule has 0 bridgehead atoms. The molecule has 0 spiro atoms. The highest BCUT2D eigenvalue weighted by molar-refractivity contribution is 9.10. The highest BCUT2D eigenvalue weighted by Gasteiger charge is 2.21. The van der Waals surface area contributed by atoms with Gasteiger partial charge in [0.1, 0.15) is 0 Å². The van der Waals surface area contributed by atoms with Crippen molar-refractivity contribution in [1.82, 2.24) is 5.32 Å². The van der Waals surface area contributed by atoms with Gasteiger partial charge < -0.3 is 5.32 Å². The first-order chi connectivity index (χ1) is 6.29. The molecule has 1 nitrogen and oxygen atoms in total. The maximum absolute atomic E-state index is 3.50. The summed E-state index contributed by atoms with van der Waals surface area (Å²) in [6.45, 7) is 1.09. The van der Waals surface area contributed by atoms with Crippen LogP contribution in [-0.4, -0.2) is 18.8 Å². The van der Waals surface area contributed by atoms with Gasteiger partial charge in [-0.25, -0.2) is 0 Å². The third-order valence-corrected chi connectivity index (χ3v) is 4.01. The summed E-state index contributed by atoms with van der Waals surface area (Å²) < 4.78 is 1.19. The predicted octanol–water partition coefficient (Wildman–Crippen LogP) is 2.69. The highest BCUT2D eigenvalue weighted by atomic mass is 79.9. The molecule has 13 heavy (non-hydrogen) atoms. The lowest BCUT2D eigenvalue weighted by atomic mass is 10.1. The molecule has 2 rings (SSSR count). The van der Waals surface area contributed by atoms with Gasteiger partial charge in [0.25, 0.3) is 0 Å². The number of halogens is 1. The topological polar surface area (TPSA) is 12.0 Å². The van der Waals surface area contributed by atoms with Crippen molar-refractivity contribution in [2.75, 3.05) is 13.6 Å². The molecule has 0 saturated carbocycles. The fraction of sp³-hybridized carbons (Fsp3) is 0.400. The molecule has 1 N–H and O–H groups in total. The van der Waals surface area contributed by atoms with Crippen molar-refractivity contribution in [3.8, 4) is 0 Å². The van der Waals surface area contributed by atoms with E-state index in [4.69, 9.17) is 0 Å². The van der Waals surface area contributed by atoms with Gasteiger partial charge in [0.15, 0.2) is 0 Å². The van der Waals surface area contributed by atoms with Crippen molar-refractivity contribution < 1.29 is 0 Å². The summed E-state index contributed by atoms with van der Waals surface area (Å²) in [6.07, 6.45) is 1.19. The predicted molar refractivity (Wildman–Crippen MR) is 61.4 cm³/mol. The minimum absolute atomic E-state index is 0.717. The second kappa shape index (κ2) is 4.03. The third-order valence-electron chi connectivity index (χ3n) is 2.20. The molecule has 1 heterocycles. The Balaban J connectivity index is 2.16. The van der Waals surface area contributed by atoms with Gasteiger partial charge in [0.2, 0.25) is 0 Å². The summed E-state index contributed by atoms with van der Waals surface area (Å²) in [5.41, 5.74) is 1.49. The van der Waals surface area contributed by atoms with E-state index >= 15 is 0 Å². The number of nitrogens with one attached hydrogen (secondary N) is 1. The summed E-state index contributed by atoms with van der Waals surface area (Å²) in [5.74, 6) is 0. The normalized spacial score (nSPS) is 20.3. The van der Waals surface area contributed by atoms with Crippen LogP contribution in [0.15, 0.2) is 27.6 Å². The molecule has 1 aromatic rings. The van der Waals surface area contributed by atoms with Crippen LogP contribution in [0.4, 0.5) is 0 Å².